The number of halogens is 1. The molecule has 2 aromatic rings. The molecule has 2 saturated heterocycles. The van der Waals surface area contributed by atoms with Crippen molar-refractivity contribution in [2.75, 3.05) is 31.1 Å². The largest absolute Gasteiger partial charge is 0.477 e. The Balaban J connectivity index is 1.39. The van der Waals surface area contributed by atoms with E-state index >= 15 is 4.39 Å². The van der Waals surface area contributed by atoms with Gasteiger partial charge in [0.25, 0.3) is 0 Å². The van der Waals surface area contributed by atoms with Crippen LogP contribution in [0.15, 0.2) is 23.1 Å². The van der Waals surface area contributed by atoms with Gasteiger partial charge in [-0.15, -0.1) is 0 Å². The number of hydrogen-bond donors (Lipinski definition) is 2. The zero-order valence-electron chi connectivity index (χ0n) is 21.1. The first-order valence-electron chi connectivity index (χ1n) is 12.5. The van der Waals surface area contributed by atoms with Crippen molar-refractivity contribution in [1.82, 2.24) is 14.5 Å². The van der Waals surface area contributed by atoms with Crippen LogP contribution in [-0.4, -0.2) is 74.0 Å². The molecule has 194 valence electrons. The fourth-order valence-corrected chi connectivity index (χ4v) is 5.95. The number of carboxylic acid groups (broad SMARTS) is 1. The summed E-state index contributed by atoms with van der Waals surface area (Å²) >= 11 is 0. The van der Waals surface area contributed by atoms with Crippen LogP contribution < -0.4 is 10.3 Å². The number of carbonyl (C=O) groups is 2. The highest BCUT2D eigenvalue weighted by molar-refractivity contribution is 5.93. The zero-order chi connectivity index (χ0) is 26.2. The first kappa shape index (κ1) is 24.7. The molecule has 1 unspecified atom stereocenters. The number of nitrogens with zero attached hydrogens (tertiary/aromatic N) is 4. The van der Waals surface area contributed by atoms with Crippen LogP contribution in [0.2, 0.25) is 0 Å². The fraction of sp³-hybridized carbons (Fsp3) is 0.577. The zero-order valence-corrected chi connectivity index (χ0v) is 21.1. The van der Waals surface area contributed by atoms with Crippen molar-refractivity contribution in [2.45, 2.75) is 64.1 Å². The summed E-state index contributed by atoms with van der Waals surface area (Å²) in [5.74, 6) is -2.26. The molecule has 1 aromatic heterocycles. The quantitative estimate of drug-likeness (QED) is 0.665. The van der Waals surface area contributed by atoms with Crippen LogP contribution in [0, 0.1) is 11.7 Å². The maximum atomic E-state index is 15.2. The Morgan fingerprint density at radius 1 is 1.06 bits per heavy atom. The summed E-state index contributed by atoms with van der Waals surface area (Å²) < 4.78 is 17.0. The predicted octanol–water partition coefficient (Wildman–Crippen LogP) is 3.09. The average molecular weight is 501 g/mol. The molecule has 0 spiro atoms. The number of anilines is 1. The van der Waals surface area contributed by atoms with E-state index < -0.39 is 28.3 Å². The van der Waals surface area contributed by atoms with Gasteiger partial charge in [-0.3, -0.25) is 9.59 Å². The first-order valence-corrected chi connectivity index (χ1v) is 12.5. The molecule has 3 heterocycles. The van der Waals surface area contributed by atoms with E-state index in [2.05, 4.69) is 0 Å². The second kappa shape index (κ2) is 8.27. The second-order valence-corrected chi connectivity index (χ2v) is 11.5. The summed E-state index contributed by atoms with van der Waals surface area (Å²) in [5.41, 5.74) is -1.36. The first-order chi connectivity index (χ1) is 16.8. The Labute approximate surface area is 208 Å². The number of hydrogen-bond acceptors (Lipinski definition) is 6. The molecule has 9 nitrogen and oxygen atoms in total. The number of rotatable bonds is 4. The Morgan fingerprint density at radius 2 is 1.69 bits per heavy atom. The molecule has 10 heteroatoms. The van der Waals surface area contributed by atoms with Gasteiger partial charge in [0.1, 0.15) is 11.4 Å². The highest BCUT2D eigenvalue weighted by Crippen LogP contribution is 2.44. The molecular formula is C26H33FN4O5. The van der Waals surface area contributed by atoms with E-state index in [-0.39, 0.29) is 28.8 Å². The number of amides is 1. The van der Waals surface area contributed by atoms with E-state index in [1.807, 2.05) is 32.6 Å². The maximum Gasteiger partial charge on any atom is 0.341 e. The second-order valence-electron chi connectivity index (χ2n) is 11.5. The molecule has 3 aliphatic rings. The van der Waals surface area contributed by atoms with Gasteiger partial charge in [-0.25, -0.2) is 9.18 Å². The third kappa shape index (κ3) is 3.87. The molecular weight excluding hydrogens is 467 g/mol. The normalized spacial score (nSPS) is 23.9. The number of fused-ring (bicyclic) bond motifs is 1. The molecule has 0 bridgehead atoms. The predicted molar refractivity (Wildman–Crippen MR) is 132 cm³/mol. The van der Waals surface area contributed by atoms with Crippen molar-refractivity contribution in [3.8, 4) is 0 Å². The van der Waals surface area contributed by atoms with Crippen molar-refractivity contribution in [1.29, 1.82) is 0 Å². The van der Waals surface area contributed by atoms with Crippen LogP contribution in [0.4, 0.5) is 10.1 Å². The standard InChI is InChI=1S/C26H33FN4O5/c1-25(2)13-18(26(3,4)31(25)36)23(33)29-9-7-28(8-10-29)21-12-20-16(11-19(21)27)22(32)17(24(34)35)14-30(20)15-5-6-15/h11-12,14-15,18,36H,5-10,13H2,1-4H3,(H,34,35). The highest BCUT2D eigenvalue weighted by atomic mass is 19.1. The molecule has 1 aliphatic carbocycles. The van der Waals surface area contributed by atoms with Crippen molar-refractivity contribution < 1.29 is 24.3 Å². The van der Waals surface area contributed by atoms with E-state index in [1.165, 1.54) is 11.3 Å². The lowest BCUT2D eigenvalue weighted by Gasteiger charge is -2.40. The summed E-state index contributed by atoms with van der Waals surface area (Å²) in [4.78, 5) is 41.4. The van der Waals surface area contributed by atoms with E-state index in [0.717, 1.165) is 18.9 Å². The molecule has 1 saturated carbocycles. The smallest absolute Gasteiger partial charge is 0.341 e. The number of benzene rings is 1. The molecule has 36 heavy (non-hydrogen) atoms. The lowest BCUT2D eigenvalue weighted by molar-refractivity contribution is -0.198. The third-order valence-electron chi connectivity index (χ3n) is 8.18. The van der Waals surface area contributed by atoms with Gasteiger partial charge in [0.15, 0.2) is 0 Å². The molecule has 5 rings (SSSR count). The third-order valence-corrected chi connectivity index (χ3v) is 8.18. The van der Waals surface area contributed by atoms with Crippen LogP contribution in [-0.2, 0) is 4.79 Å². The topological polar surface area (TPSA) is 106 Å². The number of aromatic nitrogens is 1. The van der Waals surface area contributed by atoms with Gasteiger partial charge >= 0.3 is 5.97 Å². The summed E-state index contributed by atoms with van der Waals surface area (Å²) in [6.07, 6.45) is 3.68. The van der Waals surface area contributed by atoms with E-state index in [1.54, 1.807) is 15.5 Å². The van der Waals surface area contributed by atoms with Gasteiger partial charge in [-0.1, -0.05) is 0 Å². The maximum absolute atomic E-state index is 15.2. The summed E-state index contributed by atoms with van der Waals surface area (Å²) in [6.45, 7) is 9.28. The number of aromatic carboxylic acids is 1. The molecule has 2 N–H and O–H groups in total. The Bertz CT molecular complexity index is 1310. The number of pyridine rings is 1. The van der Waals surface area contributed by atoms with Gasteiger partial charge in [-0.05, 0) is 59.1 Å². The minimum Gasteiger partial charge on any atom is -0.477 e. The molecule has 0 radical (unpaired) electrons. The van der Waals surface area contributed by atoms with Gasteiger partial charge < -0.3 is 24.7 Å². The molecule has 1 atom stereocenters. The minimum atomic E-state index is -1.32. The summed E-state index contributed by atoms with van der Waals surface area (Å²) in [5, 5.41) is 21.4. The van der Waals surface area contributed by atoms with E-state index in [0.29, 0.717) is 43.8 Å². The molecule has 1 aromatic carbocycles. The number of carboxylic acids is 1. The van der Waals surface area contributed by atoms with Gasteiger partial charge in [0.2, 0.25) is 11.3 Å². The highest BCUT2D eigenvalue weighted by Gasteiger charge is 2.55. The average Bonchev–Trinajstić information content (AvgIpc) is 3.64. The van der Waals surface area contributed by atoms with E-state index in [4.69, 9.17) is 0 Å². The Hall–Kier alpha value is -2.98. The van der Waals surface area contributed by atoms with Crippen molar-refractivity contribution in [2.24, 2.45) is 5.92 Å². The Kier molecular flexibility index (Phi) is 5.68. The van der Waals surface area contributed by atoms with Crippen LogP contribution in [0.25, 0.3) is 10.9 Å². The molecule has 2 aliphatic heterocycles. The van der Waals surface area contributed by atoms with Crippen molar-refractivity contribution in [3.63, 3.8) is 0 Å². The Morgan fingerprint density at radius 3 is 2.22 bits per heavy atom. The van der Waals surface area contributed by atoms with Gasteiger partial charge in [-0.2, -0.15) is 5.06 Å². The van der Waals surface area contributed by atoms with Crippen molar-refractivity contribution >= 4 is 28.5 Å². The van der Waals surface area contributed by atoms with Crippen LogP contribution in [0.5, 0.6) is 0 Å². The molecule has 1 amide bonds. The van der Waals surface area contributed by atoms with Crippen LogP contribution in [0.3, 0.4) is 0 Å². The van der Waals surface area contributed by atoms with Gasteiger partial charge in [0, 0.05) is 49.3 Å². The van der Waals surface area contributed by atoms with Crippen LogP contribution in [0.1, 0.15) is 63.4 Å². The summed E-state index contributed by atoms with van der Waals surface area (Å²) in [7, 11) is 0. The minimum absolute atomic E-state index is 0.00738. The number of hydroxylamine groups is 2. The van der Waals surface area contributed by atoms with Crippen molar-refractivity contribution in [3.05, 3.63) is 39.9 Å². The van der Waals surface area contributed by atoms with E-state index in [9.17, 15) is 24.7 Å². The SMILES string of the molecule is CC1(C)CC(C(=O)N2CCN(c3cc4c(cc3F)c(=O)c(C(=O)O)cn4C3CC3)CC2)C(C)(C)N1O. The van der Waals surface area contributed by atoms with Gasteiger partial charge in [0.05, 0.1) is 22.7 Å². The number of piperazine rings is 1. The fourth-order valence-electron chi connectivity index (χ4n) is 5.95. The van der Waals surface area contributed by atoms with Crippen LogP contribution >= 0.6 is 0 Å². The number of carbonyl (C=O) groups excluding carboxylic acids is 1. The lowest BCUT2D eigenvalue weighted by Crippen LogP contribution is -2.54. The molecule has 3 fully saturated rings. The monoisotopic (exact) mass is 500 g/mol. The summed E-state index contributed by atoms with van der Waals surface area (Å²) in [6, 6.07) is 2.89. The lowest BCUT2D eigenvalue weighted by atomic mass is 9.85.